The molecule has 2 amide bonds. The number of urea groups is 1. The summed E-state index contributed by atoms with van der Waals surface area (Å²) in [5.41, 5.74) is 7.50. The van der Waals surface area contributed by atoms with E-state index >= 15 is 0 Å². The highest BCUT2D eigenvalue weighted by molar-refractivity contribution is 7.98. The van der Waals surface area contributed by atoms with E-state index in [0.717, 1.165) is 11.3 Å². The van der Waals surface area contributed by atoms with E-state index in [-0.39, 0.29) is 0 Å². The second-order valence-electron chi connectivity index (χ2n) is 3.88. The van der Waals surface area contributed by atoms with Crippen LogP contribution in [0.25, 0.3) is 0 Å². The normalized spacial score (nSPS) is 10.0. The van der Waals surface area contributed by atoms with E-state index in [1.807, 2.05) is 36.4 Å². The molecule has 3 N–H and O–H groups in total. The van der Waals surface area contributed by atoms with Gasteiger partial charge in [-0.25, -0.2) is 4.79 Å². The smallest absolute Gasteiger partial charge is 0.322 e. The van der Waals surface area contributed by atoms with Gasteiger partial charge in [0.15, 0.2) is 0 Å². The number of rotatable bonds is 4. The largest absolute Gasteiger partial charge is 0.351 e. The Morgan fingerprint density at radius 2 is 1.78 bits per heavy atom. The average Bonchev–Trinajstić information content (AvgIpc) is 2.38. The van der Waals surface area contributed by atoms with Gasteiger partial charge < -0.3 is 5.73 Å². The molecule has 0 unspecified atom stereocenters. The van der Waals surface area contributed by atoms with Gasteiger partial charge in [-0.2, -0.15) is 0 Å². The van der Waals surface area contributed by atoms with Crippen LogP contribution < -0.4 is 10.5 Å². The molecule has 2 aromatic rings. The SMILES string of the molecule is NC(=O)NSc1cccc(Cc2ccccc2)c1. The Labute approximate surface area is 111 Å². The van der Waals surface area contributed by atoms with Crippen LogP contribution in [0.4, 0.5) is 4.79 Å². The number of nitrogens with two attached hydrogens (primary N) is 1. The van der Waals surface area contributed by atoms with Crippen LogP contribution in [0.5, 0.6) is 0 Å². The molecule has 3 nitrogen and oxygen atoms in total. The minimum atomic E-state index is -0.534. The number of amides is 2. The van der Waals surface area contributed by atoms with Gasteiger partial charge in [0, 0.05) is 4.90 Å². The summed E-state index contributed by atoms with van der Waals surface area (Å²) in [6.45, 7) is 0. The van der Waals surface area contributed by atoms with Crippen molar-refractivity contribution in [3.63, 3.8) is 0 Å². The summed E-state index contributed by atoms with van der Waals surface area (Å²) in [6.07, 6.45) is 0.881. The second-order valence-corrected chi connectivity index (χ2v) is 4.76. The van der Waals surface area contributed by atoms with E-state index < -0.39 is 6.03 Å². The van der Waals surface area contributed by atoms with E-state index in [1.54, 1.807) is 0 Å². The van der Waals surface area contributed by atoms with E-state index in [1.165, 1.54) is 23.1 Å². The molecule has 0 radical (unpaired) electrons. The van der Waals surface area contributed by atoms with E-state index in [4.69, 9.17) is 5.73 Å². The van der Waals surface area contributed by atoms with E-state index in [0.29, 0.717) is 0 Å². The number of primary amides is 1. The van der Waals surface area contributed by atoms with Gasteiger partial charge in [-0.1, -0.05) is 42.5 Å². The molecule has 0 saturated carbocycles. The Bertz CT molecular complexity index is 528. The lowest BCUT2D eigenvalue weighted by Gasteiger charge is -2.05. The Kier molecular flexibility index (Phi) is 4.25. The maximum atomic E-state index is 10.6. The lowest BCUT2D eigenvalue weighted by Crippen LogP contribution is -2.22. The molecule has 0 aliphatic carbocycles. The van der Waals surface area contributed by atoms with Crippen LogP contribution in [0.15, 0.2) is 59.5 Å². The summed E-state index contributed by atoms with van der Waals surface area (Å²) in [5.74, 6) is 0. The molecule has 18 heavy (non-hydrogen) atoms. The summed E-state index contributed by atoms with van der Waals surface area (Å²) in [5, 5.41) is 0. The number of carbonyl (C=O) groups is 1. The first kappa shape index (κ1) is 12.5. The lowest BCUT2D eigenvalue weighted by molar-refractivity contribution is 0.254. The minimum absolute atomic E-state index is 0.534. The predicted octanol–water partition coefficient (Wildman–Crippen LogP) is 2.95. The second kappa shape index (κ2) is 6.12. The summed E-state index contributed by atoms with van der Waals surface area (Å²) < 4.78 is 2.51. The number of hydrogen-bond donors (Lipinski definition) is 2. The van der Waals surface area contributed by atoms with Gasteiger partial charge in [0.2, 0.25) is 0 Å². The number of nitrogens with one attached hydrogen (secondary N) is 1. The summed E-state index contributed by atoms with van der Waals surface area (Å²) in [6, 6.07) is 17.8. The number of benzene rings is 2. The first-order valence-electron chi connectivity index (χ1n) is 5.59. The molecule has 2 aromatic carbocycles. The zero-order chi connectivity index (χ0) is 12.8. The van der Waals surface area contributed by atoms with Crippen molar-refractivity contribution in [2.24, 2.45) is 5.73 Å². The van der Waals surface area contributed by atoms with E-state index in [9.17, 15) is 4.79 Å². The van der Waals surface area contributed by atoms with Crippen LogP contribution in [-0.4, -0.2) is 6.03 Å². The summed E-state index contributed by atoms with van der Waals surface area (Å²) >= 11 is 1.23. The minimum Gasteiger partial charge on any atom is -0.351 e. The molecule has 0 saturated heterocycles. The molecule has 0 heterocycles. The quantitative estimate of drug-likeness (QED) is 0.828. The molecule has 0 aromatic heterocycles. The Morgan fingerprint density at radius 3 is 2.50 bits per heavy atom. The van der Waals surface area contributed by atoms with Crippen LogP contribution in [0.3, 0.4) is 0 Å². The highest BCUT2D eigenvalue weighted by atomic mass is 32.2. The molecule has 2 rings (SSSR count). The van der Waals surface area contributed by atoms with Gasteiger partial charge in [-0.05, 0) is 41.6 Å². The van der Waals surface area contributed by atoms with Crippen molar-refractivity contribution in [2.45, 2.75) is 11.3 Å². The predicted molar refractivity (Wildman–Crippen MR) is 74.3 cm³/mol. The van der Waals surface area contributed by atoms with Gasteiger partial charge in [0.05, 0.1) is 0 Å². The van der Waals surface area contributed by atoms with Crippen molar-refractivity contribution in [3.8, 4) is 0 Å². The van der Waals surface area contributed by atoms with Crippen molar-refractivity contribution in [2.75, 3.05) is 0 Å². The molecule has 92 valence electrons. The third-order valence-corrected chi connectivity index (χ3v) is 3.21. The highest BCUT2D eigenvalue weighted by Gasteiger charge is 2.00. The van der Waals surface area contributed by atoms with Crippen molar-refractivity contribution < 1.29 is 4.79 Å². The highest BCUT2D eigenvalue weighted by Crippen LogP contribution is 2.18. The molecule has 0 aliphatic heterocycles. The molecule has 0 atom stereocenters. The number of hydrogen-bond acceptors (Lipinski definition) is 2. The maximum absolute atomic E-state index is 10.6. The fourth-order valence-electron chi connectivity index (χ4n) is 1.66. The fourth-order valence-corrected chi connectivity index (χ4v) is 2.24. The Balaban J connectivity index is 2.05. The van der Waals surface area contributed by atoms with Gasteiger partial charge in [0.1, 0.15) is 0 Å². The lowest BCUT2D eigenvalue weighted by atomic mass is 10.1. The molecule has 0 aliphatic rings. The van der Waals surface area contributed by atoms with Crippen LogP contribution in [-0.2, 0) is 6.42 Å². The van der Waals surface area contributed by atoms with Crippen LogP contribution in [0.2, 0.25) is 0 Å². The van der Waals surface area contributed by atoms with Crippen LogP contribution >= 0.6 is 11.9 Å². The van der Waals surface area contributed by atoms with E-state index in [2.05, 4.69) is 22.9 Å². The Hall–Kier alpha value is -1.94. The third kappa shape index (κ3) is 3.82. The van der Waals surface area contributed by atoms with Gasteiger partial charge in [-0.3, -0.25) is 4.72 Å². The molecule has 0 bridgehead atoms. The monoisotopic (exact) mass is 258 g/mol. The van der Waals surface area contributed by atoms with Gasteiger partial charge in [-0.15, -0.1) is 0 Å². The molecular formula is C14H14N2OS. The molecule has 4 heteroatoms. The van der Waals surface area contributed by atoms with Gasteiger partial charge >= 0.3 is 6.03 Å². The first-order chi connectivity index (χ1) is 8.74. The van der Waals surface area contributed by atoms with Crippen molar-refractivity contribution >= 4 is 18.0 Å². The van der Waals surface area contributed by atoms with Crippen molar-refractivity contribution in [1.82, 2.24) is 4.72 Å². The zero-order valence-corrected chi connectivity index (χ0v) is 10.6. The Morgan fingerprint density at radius 1 is 1.06 bits per heavy atom. The van der Waals surface area contributed by atoms with Crippen LogP contribution in [0.1, 0.15) is 11.1 Å². The van der Waals surface area contributed by atoms with Crippen molar-refractivity contribution in [1.29, 1.82) is 0 Å². The topological polar surface area (TPSA) is 55.1 Å². The fraction of sp³-hybridized carbons (Fsp3) is 0.0714. The zero-order valence-electron chi connectivity index (χ0n) is 9.80. The maximum Gasteiger partial charge on any atom is 0.322 e. The van der Waals surface area contributed by atoms with Crippen molar-refractivity contribution in [3.05, 3.63) is 65.7 Å². The molecule has 0 spiro atoms. The average molecular weight is 258 g/mol. The van der Waals surface area contributed by atoms with Gasteiger partial charge in [0.25, 0.3) is 0 Å². The standard InChI is InChI=1S/C14H14N2OS/c15-14(17)16-18-13-8-4-7-12(10-13)9-11-5-2-1-3-6-11/h1-8,10H,9H2,(H3,15,16,17). The summed E-state index contributed by atoms with van der Waals surface area (Å²) in [7, 11) is 0. The molecular weight excluding hydrogens is 244 g/mol. The first-order valence-corrected chi connectivity index (χ1v) is 6.41. The number of carbonyl (C=O) groups excluding carboxylic acids is 1. The van der Waals surface area contributed by atoms with Crippen LogP contribution in [0, 0.1) is 0 Å². The molecule has 0 fully saturated rings. The third-order valence-electron chi connectivity index (χ3n) is 2.42. The summed E-state index contributed by atoms with van der Waals surface area (Å²) in [4.78, 5) is 11.6.